The first kappa shape index (κ1) is 32.0. The Balaban J connectivity index is 1.14. The molecule has 1 saturated heterocycles. The Morgan fingerprint density at radius 2 is 1.58 bits per heavy atom. The Kier molecular flexibility index (Phi) is 8.22. The molecule has 6 rings (SSSR count). The normalized spacial score (nSPS) is 13.8. The number of hydrogen-bond donors (Lipinski definition) is 6. The van der Waals surface area contributed by atoms with Gasteiger partial charge in [0.2, 0.25) is 16.6 Å². The number of aromatic nitrogens is 1. The van der Waals surface area contributed by atoms with Gasteiger partial charge < -0.3 is 49.3 Å². The van der Waals surface area contributed by atoms with E-state index < -0.39 is 62.7 Å². The molecule has 1 aliphatic heterocycles. The van der Waals surface area contributed by atoms with E-state index in [0.29, 0.717) is 50.5 Å². The molecule has 14 nitrogen and oxygen atoms in total. The Labute approximate surface area is 269 Å². The van der Waals surface area contributed by atoms with Crippen LogP contribution in [0, 0.1) is 5.82 Å². The molecule has 0 radical (unpaired) electrons. The lowest BCUT2D eigenvalue weighted by Gasteiger charge is -2.36. The fraction of sp³-hybridized carbons (Fsp3) is 0.242. The maximum absolute atomic E-state index is 15.2. The zero-order valence-electron chi connectivity index (χ0n) is 25.4. The lowest BCUT2D eigenvalue weighted by atomic mass is 10.1. The van der Waals surface area contributed by atoms with E-state index in [1.807, 2.05) is 4.90 Å². The van der Waals surface area contributed by atoms with Crippen molar-refractivity contribution in [3.8, 4) is 45.8 Å². The molecule has 0 aliphatic carbocycles. The van der Waals surface area contributed by atoms with Crippen LogP contribution >= 0.6 is 0 Å². The highest BCUT2D eigenvalue weighted by molar-refractivity contribution is 5.93. The van der Waals surface area contributed by atoms with Gasteiger partial charge in [-0.25, -0.2) is 9.18 Å². The van der Waals surface area contributed by atoms with Crippen molar-refractivity contribution < 1.29 is 49.0 Å². The van der Waals surface area contributed by atoms with Gasteiger partial charge in [0.15, 0.2) is 23.0 Å². The molecule has 250 valence electrons. The number of phenolic OH excluding ortho intramolecular Hbond substituents is 4. The maximum Gasteiger partial charge on any atom is 0.341 e. The quantitative estimate of drug-likeness (QED) is 0.132. The number of aryl methyl sites for hydroxylation is 1. The largest absolute Gasteiger partial charge is 0.507 e. The molecule has 0 spiro atoms. The van der Waals surface area contributed by atoms with Crippen LogP contribution in [0.25, 0.3) is 33.2 Å². The first-order chi connectivity index (χ1) is 22.9. The number of nitrogens with zero attached hydrogens (tertiary/aromatic N) is 3. The van der Waals surface area contributed by atoms with Gasteiger partial charge in [0, 0.05) is 68.5 Å². The van der Waals surface area contributed by atoms with E-state index in [-0.39, 0.29) is 34.3 Å². The molecule has 0 bridgehead atoms. The molecule has 3 aromatic carbocycles. The predicted octanol–water partition coefficient (Wildman–Crippen LogP) is 3.36. The standard InChI is InChI=1S/C33H30FN3O11/c1-2-36-15-19(33(45)46)28(41)18-13-20(34)22(14-21(18)36)37-5-3-35(4-6-37)7-8-47-17-11-23(38)27-26(12-17)48-32(31(44)30(27)43)16-9-24(39)29(42)25(40)10-16/h9-15,38-40,42,44H,2-8H2,1H3,(H,45,46). The number of rotatable bonds is 8. The Morgan fingerprint density at radius 1 is 0.896 bits per heavy atom. The van der Waals surface area contributed by atoms with E-state index in [4.69, 9.17) is 9.15 Å². The monoisotopic (exact) mass is 663 g/mol. The van der Waals surface area contributed by atoms with Crippen molar-refractivity contribution in [1.82, 2.24) is 9.47 Å². The van der Waals surface area contributed by atoms with Gasteiger partial charge in [0.1, 0.15) is 40.5 Å². The van der Waals surface area contributed by atoms with Gasteiger partial charge in [-0.15, -0.1) is 0 Å². The molecule has 48 heavy (non-hydrogen) atoms. The molecule has 15 heteroatoms. The van der Waals surface area contributed by atoms with Crippen LogP contribution in [-0.4, -0.2) is 85.4 Å². The average molecular weight is 664 g/mol. The van der Waals surface area contributed by atoms with Crippen LogP contribution < -0.4 is 20.5 Å². The lowest BCUT2D eigenvalue weighted by Crippen LogP contribution is -2.47. The summed E-state index contributed by atoms with van der Waals surface area (Å²) in [6.07, 6.45) is 1.27. The molecule has 1 fully saturated rings. The minimum Gasteiger partial charge on any atom is -0.507 e. The van der Waals surface area contributed by atoms with E-state index in [0.717, 1.165) is 18.2 Å². The fourth-order valence-electron chi connectivity index (χ4n) is 5.84. The molecule has 1 aliphatic rings. The summed E-state index contributed by atoms with van der Waals surface area (Å²) < 4.78 is 28.3. The number of aromatic carboxylic acids is 1. The zero-order chi connectivity index (χ0) is 34.4. The van der Waals surface area contributed by atoms with Crippen LogP contribution in [0.3, 0.4) is 0 Å². The first-order valence-electron chi connectivity index (χ1n) is 14.9. The van der Waals surface area contributed by atoms with Gasteiger partial charge in [0.25, 0.3) is 0 Å². The van der Waals surface area contributed by atoms with E-state index in [9.17, 15) is 45.0 Å². The highest BCUT2D eigenvalue weighted by Crippen LogP contribution is 2.42. The van der Waals surface area contributed by atoms with E-state index >= 15 is 4.39 Å². The molecule has 6 N–H and O–H groups in total. The molecule has 0 saturated carbocycles. The summed E-state index contributed by atoms with van der Waals surface area (Å²) in [7, 11) is 0. The summed E-state index contributed by atoms with van der Waals surface area (Å²) in [5, 5.41) is 59.4. The van der Waals surface area contributed by atoms with Crippen molar-refractivity contribution in [1.29, 1.82) is 0 Å². The minimum absolute atomic E-state index is 0.000222. The Bertz CT molecular complexity index is 2200. The number of phenols is 4. The highest BCUT2D eigenvalue weighted by Gasteiger charge is 2.24. The molecule has 5 aromatic rings. The van der Waals surface area contributed by atoms with E-state index in [1.165, 1.54) is 18.3 Å². The predicted molar refractivity (Wildman–Crippen MR) is 171 cm³/mol. The van der Waals surface area contributed by atoms with E-state index in [1.54, 1.807) is 17.6 Å². The molecule has 0 unspecified atom stereocenters. The van der Waals surface area contributed by atoms with Crippen LogP contribution in [-0.2, 0) is 6.54 Å². The summed E-state index contributed by atoms with van der Waals surface area (Å²) in [5.74, 6) is -5.87. The number of ether oxygens (including phenoxy) is 1. The Morgan fingerprint density at radius 3 is 2.23 bits per heavy atom. The number of benzene rings is 3. The number of carboxylic acid groups (broad SMARTS) is 1. The van der Waals surface area contributed by atoms with Crippen molar-refractivity contribution in [3.63, 3.8) is 0 Å². The van der Waals surface area contributed by atoms with Crippen molar-refractivity contribution in [3.05, 3.63) is 74.4 Å². The number of piperazine rings is 1. The summed E-state index contributed by atoms with van der Waals surface area (Å²) >= 11 is 0. The van der Waals surface area contributed by atoms with Gasteiger partial charge in [-0.05, 0) is 31.2 Å². The van der Waals surface area contributed by atoms with E-state index in [2.05, 4.69) is 4.90 Å². The van der Waals surface area contributed by atoms with Crippen molar-refractivity contribution >= 4 is 33.5 Å². The zero-order valence-corrected chi connectivity index (χ0v) is 25.4. The molecular formula is C33H30FN3O11. The average Bonchev–Trinajstić information content (AvgIpc) is 3.05. The number of carbonyl (C=O) groups is 1. The SMILES string of the molecule is CCn1cc(C(=O)O)c(=O)c2cc(F)c(N3CCN(CCOc4cc(O)c5c(=O)c(O)c(-c6cc(O)c(O)c(O)c6)oc5c4)CC3)cc21. The maximum atomic E-state index is 15.2. The first-order valence-corrected chi connectivity index (χ1v) is 14.9. The number of fused-ring (bicyclic) bond motifs is 2. The summed E-state index contributed by atoms with van der Waals surface area (Å²) in [6.45, 7) is 4.82. The number of halogens is 1. The van der Waals surface area contributed by atoms with Gasteiger partial charge in [-0.2, -0.15) is 0 Å². The minimum atomic E-state index is -1.37. The molecule has 2 aromatic heterocycles. The third-order valence-electron chi connectivity index (χ3n) is 8.37. The van der Waals surface area contributed by atoms with Gasteiger partial charge in [0.05, 0.1) is 11.2 Å². The van der Waals surface area contributed by atoms with Gasteiger partial charge in [-0.3, -0.25) is 14.5 Å². The molecule has 0 atom stereocenters. The van der Waals surface area contributed by atoms with Gasteiger partial charge >= 0.3 is 5.97 Å². The molecule has 0 amide bonds. The van der Waals surface area contributed by atoms with Crippen LogP contribution in [0.15, 0.2) is 56.6 Å². The van der Waals surface area contributed by atoms with Crippen molar-refractivity contribution in [2.45, 2.75) is 13.5 Å². The topological polar surface area (TPSA) is 206 Å². The van der Waals surface area contributed by atoms with Crippen LogP contribution in [0.4, 0.5) is 10.1 Å². The third kappa shape index (κ3) is 5.64. The number of pyridine rings is 1. The smallest absolute Gasteiger partial charge is 0.341 e. The van der Waals surface area contributed by atoms with Gasteiger partial charge in [-0.1, -0.05) is 0 Å². The summed E-state index contributed by atoms with van der Waals surface area (Å²) in [5.41, 5.74) is -1.64. The fourth-order valence-corrected chi connectivity index (χ4v) is 5.84. The van der Waals surface area contributed by atoms with Crippen molar-refractivity contribution in [2.75, 3.05) is 44.2 Å². The van der Waals surface area contributed by atoms with Crippen molar-refractivity contribution in [2.24, 2.45) is 0 Å². The second-order valence-electron chi connectivity index (χ2n) is 11.2. The lowest BCUT2D eigenvalue weighted by molar-refractivity contribution is 0.0694. The number of hydrogen-bond acceptors (Lipinski definition) is 12. The molecular weight excluding hydrogens is 633 g/mol. The molecule has 3 heterocycles. The Hall–Kier alpha value is -5.96. The number of anilines is 1. The van der Waals surface area contributed by atoms with Crippen LogP contribution in [0.2, 0.25) is 0 Å². The second-order valence-corrected chi connectivity index (χ2v) is 11.2. The van der Waals surface area contributed by atoms with Crippen LogP contribution in [0.1, 0.15) is 17.3 Å². The number of carboxylic acids is 1. The third-order valence-corrected chi connectivity index (χ3v) is 8.37. The summed E-state index contributed by atoms with van der Waals surface area (Å²) in [6, 6.07) is 7.17. The number of aromatic hydroxyl groups is 5. The van der Waals surface area contributed by atoms with Crippen LogP contribution in [0.5, 0.6) is 34.5 Å². The summed E-state index contributed by atoms with van der Waals surface area (Å²) in [4.78, 5) is 41.0. The second kappa shape index (κ2) is 12.3. The highest BCUT2D eigenvalue weighted by atomic mass is 19.1.